The van der Waals surface area contributed by atoms with Crippen LogP contribution in [0.2, 0.25) is 0 Å². The lowest BCUT2D eigenvalue weighted by Gasteiger charge is -2.06. The third kappa shape index (κ3) is 4.52. The highest BCUT2D eigenvalue weighted by atomic mass is 32.1. The van der Waals surface area contributed by atoms with Gasteiger partial charge in [0, 0.05) is 27.4 Å². The molecular weight excluding hydrogens is 326 g/mol. The van der Waals surface area contributed by atoms with Crippen molar-refractivity contribution in [1.29, 1.82) is 0 Å². The van der Waals surface area contributed by atoms with Crippen LogP contribution in [0, 0.1) is 13.8 Å². The molecule has 2 aromatic rings. The van der Waals surface area contributed by atoms with E-state index in [1.165, 1.54) is 11.3 Å². The maximum atomic E-state index is 12.1. The molecule has 2 rings (SSSR count). The van der Waals surface area contributed by atoms with Crippen molar-refractivity contribution >= 4 is 34.7 Å². The molecule has 1 heterocycles. The normalized spacial score (nSPS) is 10.3. The summed E-state index contributed by atoms with van der Waals surface area (Å²) in [6, 6.07) is 8.25. The second-order valence-corrected chi connectivity index (χ2v) is 6.77. The fourth-order valence-corrected chi connectivity index (χ4v) is 3.03. The van der Waals surface area contributed by atoms with E-state index in [-0.39, 0.29) is 18.3 Å². The van der Waals surface area contributed by atoms with E-state index in [1.54, 1.807) is 37.3 Å². The number of benzene rings is 1. The highest BCUT2D eigenvalue weighted by Crippen LogP contribution is 2.21. The molecule has 5 nitrogen and oxygen atoms in total. The van der Waals surface area contributed by atoms with Gasteiger partial charge in [0.2, 0.25) is 5.91 Å². The van der Waals surface area contributed by atoms with Gasteiger partial charge >= 0.3 is 5.97 Å². The van der Waals surface area contributed by atoms with Crippen molar-refractivity contribution in [3.63, 3.8) is 0 Å². The van der Waals surface area contributed by atoms with E-state index >= 15 is 0 Å². The van der Waals surface area contributed by atoms with Crippen molar-refractivity contribution in [2.24, 2.45) is 0 Å². The second-order valence-electron chi connectivity index (χ2n) is 5.31. The highest BCUT2D eigenvalue weighted by molar-refractivity contribution is 7.12. The Bertz CT molecular complexity index is 762. The Kier molecular flexibility index (Phi) is 5.87. The number of ether oxygens (including phenoxy) is 1. The third-order valence-corrected chi connectivity index (χ3v) is 4.37. The van der Waals surface area contributed by atoms with Crippen LogP contribution in [0.25, 0.3) is 0 Å². The van der Waals surface area contributed by atoms with Crippen LogP contribution in [0.3, 0.4) is 0 Å². The standard InChI is InChI=1S/C18H19NO4S/c1-4-17(21)19-14-7-5-13(6-8-14)16(20)10-23-18(22)15-9-11(2)24-12(15)3/h5-9H,4,10H2,1-3H3,(H,19,21). The fourth-order valence-electron chi connectivity index (χ4n) is 2.11. The number of nitrogens with one attached hydrogen (secondary N) is 1. The van der Waals surface area contributed by atoms with Gasteiger partial charge in [-0.25, -0.2) is 4.79 Å². The molecule has 0 saturated carbocycles. The molecule has 0 fully saturated rings. The lowest BCUT2D eigenvalue weighted by Crippen LogP contribution is -2.14. The topological polar surface area (TPSA) is 72.5 Å². The molecule has 0 spiro atoms. The minimum Gasteiger partial charge on any atom is -0.454 e. The van der Waals surface area contributed by atoms with Gasteiger partial charge in [-0.15, -0.1) is 11.3 Å². The van der Waals surface area contributed by atoms with E-state index in [0.29, 0.717) is 23.2 Å². The van der Waals surface area contributed by atoms with Crippen molar-refractivity contribution in [3.05, 3.63) is 51.2 Å². The summed E-state index contributed by atoms with van der Waals surface area (Å²) in [5.74, 6) is -0.872. The van der Waals surface area contributed by atoms with Crippen LogP contribution < -0.4 is 5.32 Å². The largest absolute Gasteiger partial charge is 0.454 e. The minimum absolute atomic E-state index is 0.0931. The third-order valence-electron chi connectivity index (χ3n) is 3.41. The molecular formula is C18H19NO4S. The number of esters is 1. The van der Waals surface area contributed by atoms with Gasteiger partial charge in [-0.1, -0.05) is 6.92 Å². The summed E-state index contributed by atoms with van der Waals surface area (Å²) in [7, 11) is 0. The lowest BCUT2D eigenvalue weighted by molar-refractivity contribution is -0.115. The quantitative estimate of drug-likeness (QED) is 0.639. The Morgan fingerprint density at radius 1 is 1.12 bits per heavy atom. The molecule has 1 aromatic carbocycles. The van der Waals surface area contributed by atoms with Gasteiger partial charge < -0.3 is 10.1 Å². The van der Waals surface area contributed by atoms with Crippen LogP contribution in [-0.4, -0.2) is 24.3 Å². The first-order valence-electron chi connectivity index (χ1n) is 7.58. The fraction of sp³-hybridized carbons (Fsp3) is 0.278. The number of aryl methyl sites for hydroxylation is 2. The van der Waals surface area contributed by atoms with Gasteiger partial charge in [0.15, 0.2) is 12.4 Å². The molecule has 6 heteroatoms. The molecule has 1 N–H and O–H groups in total. The van der Waals surface area contributed by atoms with Crippen molar-refractivity contribution in [3.8, 4) is 0 Å². The number of thiophene rings is 1. The zero-order valence-corrected chi connectivity index (χ0v) is 14.7. The molecule has 0 unspecified atom stereocenters. The monoisotopic (exact) mass is 345 g/mol. The molecule has 1 aromatic heterocycles. The Balaban J connectivity index is 1.93. The second kappa shape index (κ2) is 7.88. The Hall–Kier alpha value is -2.47. The van der Waals surface area contributed by atoms with Gasteiger partial charge in [-0.3, -0.25) is 9.59 Å². The number of carbonyl (C=O) groups excluding carboxylic acids is 3. The van der Waals surface area contributed by atoms with Gasteiger partial charge in [0.05, 0.1) is 5.56 Å². The first-order valence-corrected chi connectivity index (χ1v) is 8.39. The molecule has 0 atom stereocenters. The Morgan fingerprint density at radius 2 is 1.79 bits per heavy atom. The zero-order chi connectivity index (χ0) is 17.7. The number of hydrogen-bond donors (Lipinski definition) is 1. The molecule has 0 bridgehead atoms. The van der Waals surface area contributed by atoms with E-state index in [2.05, 4.69) is 5.32 Å². The summed E-state index contributed by atoms with van der Waals surface area (Å²) in [4.78, 5) is 37.3. The SMILES string of the molecule is CCC(=O)Nc1ccc(C(=O)COC(=O)c2cc(C)sc2C)cc1. The van der Waals surface area contributed by atoms with Gasteiger partial charge in [-0.05, 0) is 44.2 Å². The first kappa shape index (κ1) is 17.9. The zero-order valence-electron chi connectivity index (χ0n) is 13.8. The molecule has 0 aliphatic rings. The van der Waals surface area contributed by atoms with Gasteiger partial charge in [-0.2, -0.15) is 0 Å². The number of anilines is 1. The molecule has 0 saturated heterocycles. The summed E-state index contributed by atoms with van der Waals surface area (Å²) < 4.78 is 5.10. The maximum absolute atomic E-state index is 12.1. The van der Waals surface area contributed by atoms with Crippen LogP contribution in [0.15, 0.2) is 30.3 Å². The molecule has 1 amide bonds. The molecule has 0 aliphatic heterocycles. The van der Waals surface area contributed by atoms with Crippen molar-refractivity contribution in [2.75, 3.05) is 11.9 Å². The number of rotatable bonds is 6. The minimum atomic E-state index is -0.489. The van der Waals surface area contributed by atoms with Crippen LogP contribution in [0.1, 0.15) is 43.8 Å². The average Bonchev–Trinajstić information content (AvgIpc) is 2.91. The van der Waals surface area contributed by atoms with Crippen LogP contribution in [0.5, 0.6) is 0 Å². The summed E-state index contributed by atoms with van der Waals surface area (Å²) in [6.07, 6.45) is 0.387. The summed E-state index contributed by atoms with van der Waals surface area (Å²) in [5.41, 5.74) is 1.55. The van der Waals surface area contributed by atoms with Crippen molar-refractivity contribution in [2.45, 2.75) is 27.2 Å². The first-order chi connectivity index (χ1) is 11.4. The van der Waals surface area contributed by atoms with E-state index in [9.17, 15) is 14.4 Å². The van der Waals surface area contributed by atoms with E-state index in [4.69, 9.17) is 4.74 Å². The predicted molar refractivity (Wildman–Crippen MR) is 93.8 cm³/mol. The Morgan fingerprint density at radius 3 is 2.33 bits per heavy atom. The molecule has 0 radical (unpaired) electrons. The number of hydrogen-bond acceptors (Lipinski definition) is 5. The van der Waals surface area contributed by atoms with Crippen LogP contribution >= 0.6 is 11.3 Å². The predicted octanol–water partition coefficient (Wildman–Crippen LogP) is 3.75. The van der Waals surface area contributed by atoms with E-state index in [1.807, 2.05) is 13.8 Å². The number of amides is 1. The van der Waals surface area contributed by atoms with Crippen molar-refractivity contribution < 1.29 is 19.1 Å². The van der Waals surface area contributed by atoms with Crippen molar-refractivity contribution in [1.82, 2.24) is 0 Å². The van der Waals surface area contributed by atoms with Crippen LogP contribution in [0.4, 0.5) is 5.69 Å². The maximum Gasteiger partial charge on any atom is 0.339 e. The molecule has 0 aliphatic carbocycles. The Labute approximate surface area is 144 Å². The summed E-state index contributed by atoms with van der Waals surface area (Å²) >= 11 is 1.52. The van der Waals surface area contributed by atoms with Gasteiger partial charge in [0.25, 0.3) is 0 Å². The smallest absolute Gasteiger partial charge is 0.339 e. The summed E-state index contributed by atoms with van der Waals surface area (Å²) in [6.45, 7) is 5.21. The van der Waals surface area contributed by atoms with Gasteiger partial charge in [0.1, 0.15) is 0 Å². The van der Waals surface area contributed by atoms with E-state index < -0.39 is 5.97 Å². The number of ketones is 1. The highest BCUT2D eigenvalue weighted by Gasteiger charge is 2.15. The number of carbonyl (C=O) groups is 3. The molecule has 126 valence electrons. The average molecular weight is 345 g/mol. The molecule has 24 heavy (non-hydrogen) atoms. The number of Topliss-reactive ketones (excluding diaryl/α,β-unsaturated/α-hetero) is 1. The van der Waals surface area contributed by atoms with E-state index in [0.717, 1.165) is 9.75 Å². The lowest BCUT2D eigenvalue weighted by atomic mass is 10.1. The van der Waals surface area contributed by atoms with Crippen LogP contribution in [-0.2, 0) is 9.53 Å². The summed E-state index contributed by atoms with van der Waals surface area (Å²) in [5, 5.41) is 2.70.